The molecule has 1 unspecified atom stereocenters. The van der Waals surface area contributed by atoms with Gasteiger partial charge in [0.25, 0.3) is 11.8 Å². The number of benzene rings is 2. The molecule has 3 heterocycles. The molecule has 0 saturated heterocycles. The third-order valence-electron chi connectivity index (χ3n) is 5.76. The van der Waals surface area contributed by atoms with Gasteiger partial charge in [0.1, 0.15) is 5.75 Å². The number of aromatic nitrogens is 2. The van der Waals surface area contributed by atoms with Crippen LogP contribution in [0.3, 0.4) is 0 Å². The van der Waals surface area contributed by atoms with Crippen LogP contribution in [0.1, 0.15) is 11.1 Å². The van der Waals surface area contributed by atoms with Crippen LogP contribution in [0.5, 0.6) is 5.75 Å². The van der Waals surface area contributed by atoms with E-state index in [2.05, 4.69) is 10.3 Å². The number of nitrogens with zero attached hydrogens (tertiary/aromatic N) is 1. The molecular formula is C24H21N3O5. The molecule has 8 nitrogen and oxygen atoms in total. The summed E-state index contributed by atoms with van der Waals surface area (Å²) < 4.78 is 7.25. The molecule has 0 radical (unpaired) electrons. The summed E-state index contributed by atoms with van der Waals surface area (Å²) in [6, 6.07) is 13.0. The van der Waals surface area contributed by atoms with Gasteiger partial charge in [-0.25, -0.2) is 0 Å². The molecule has 1 atom stereocenters. The lowest BCUT2D eigenvalue weighted by molar-refractivity contribution is -0.122. The molecule has 0 aliphatic carbocycles. The molecule has 0 saturated carbocycles. The van der Waals surface area contributed by atoms with E-state index in [0.717, 1.165) is 10.9 Å². The fourth-order valence-electron chi connectivity index (χ4n) is 4.37. The van der Waals surface area contributed by atoms with Crippen LogP contribution < -0.4 is 10.1 Å². The van der Waals surface area contributed by atoms with E-state index in [4.69, 9.17) is 4.74 Å². The van der Waals surface area contributed by atoms with Crippen molar-refractivity contribution < 1.29 is 24.5 Å². The maximum absolute atomic E-state index is 13.0. The molecule has 2 aromatic heterocycles. The third kappa shape index (κ3) is 3.00. The summed E-state index contributed by atoms with van der Waals surface area (Å²) in [4.78, 5) is 29.0. The van der Waals surface area contributed by atoms with E-state index in [9.17, 15) is 19.8 Å². The summed E-state index contributed by atoms with van der Waals surface area (Å²) in [6.07, 6.45) is 2.45. The predicted octanol–water partition coefficient (Wildman–Crippen LogP) is 2.05. The number of rotatable bonds is 6. The second-order valence-electron chi connectivity index (χ2n) is 7.67. The fraction of sp³-hybridized carbons (Fsp3) is 0.167. The van der Waals surface area contributed by atoms with Crippen LogP contribution in [0.15, 0.2) is 54.9 Å². The van der Waals surface area contributed by atoms with Gasteiger partial charge < -0.3 is 24.5 Å². The van der Waals surface area contributed by atoms with Gasteiger partial charge in [0.05, 0.1) is 43.0 Å². The number of aliphatic hydroxyl groups is 2. The van der Waals surface area contributed by atoms with Gasteiger partial charge in [0.15, 0.2) is 0 Å². The number of imide groups is 1. The molecule has 1 aliphatic heterocycles. The number of carbonyl (C=O) groups is 2. The van der Waals surface area contributed by atoms with E-state index in [0.29, 0.717) is 27.8 Å². The molecule has 1 aliphatic rings. The van der Waals surface area contributed by atoms with Crippen LogP contribution in [-0.4, -0.2) is 51.4 Å². The minimum Gasteiger partial charge on any atom is -0.495 e. The Hall–Kier alpha value is -3.88. The number of methoxy groups -OCH3 is 1. The minimum absolute atomic E-state index is 0.0959. The van der Waals surface area contributed by atoms with Crippen molar-refractivity contribution >= 4 is 44.8 Å². The number of hydrogen-bond donors (Lipinski definition) is 4. The van der Waals surface area contributed by atoms with Gasteiger partial charge in [-0.1, -0.05) is 30.3 Å². The Morgan fingerprint density at radius 3 is 2.47 bits per heavy atom. The molecule has 0 fully saturated rings. The van der Waals surface area contributed by atoms with Gasteiger partial charge in [0.2, 0.25) is 0 Å². The van der Waals surface area contributed by atoms with Crippen LogP contribution in [-0.2, 0) is 16.1 Å². The highest BCUT2D eigenvalue weighted by Gasteiger charge is 2.35. The highest BCUT2D eigenvalue weighted by atomic mass is 16.5. The topological polar surface area (TPSA) is 117 Å². The number of H-pyrrole nitrogens is 1. The van der Waals surface area contributed by atoms with Crippen molar-refractivity contribution in [1.82, 2.24) is 14.9 Å². The summed E-state index contributed by atoms with van der Waals surface area (Å²) in [7, 11) is 1.54. The van der Waals surface area contributed by atoms with E-state index in [-0.39, 0.29) is 17.7 Å². The largest absolute Gasteiger partial charge is 0.495 e. The summed E-state index contributed by atoms with van der Waals surface area (Å²) in [5.74, 6) is -0.397. The first-order valence-electron chi connectivity index (χ1n) is 10.1. The van der Waals surface area contributed by atoms with Gasteiger partial charge in [-0.3, -0.25) is 14.9 Å². The lowest BCUT2D eigenvalue weighted by atomic mass is 9.95. The zero-order chi connectivity index (χ0) is 22.4. The Balaban J connectivity index is 1.81. The number of aromatic amines is 1. The van der Waals surface area contributed by atoms with Crippen LogP contribution in [0, 0.1) is 0 Å². The first kappa shape index (κ1) is 20.0. The summed E-state index contributed by atoms with van der Waals surface area (Å²) in [5, 5.41) is 23.4. The number of carbonyl (C=O) groups excluding carboxylic acids is 2. The SMILES string of the molecule is COc1cccc2c(C3=C(c4c[nH]c5ccccc45)C(=O)NC3=O)cn(CC(O)CO)c12. The van der Waals surface area contributed by atoms with Crippen molar-refractivity contribution in [1.29, 1.82) is 0 Å². The smallest absolute Gasteiger partial charge is 0.259 e. The molecule has 5 rings (SSSR count). The number of hydrogen-bond acceptors (Lipinski definition) is 5. The number of fused-ring (bicyclic) bond motifs is 2. The monoisotopic (exact) mass is 431 g/mol. The van der Waals surface area contributed by atoms with Crippen molar-refractivity contribution in [3.63, 3.8) is 0 Å². The lowest BCUT2D eigenvalue weighted by Gasteiger charge is -2.11. The highest BCUT2D eigenvalue weighted by Crippen LogP contribution is 2.40. The zero-order valence-corrected chi connectivity index (χ0v) is 17.3. The van der Waals surface area contributed by atoms with Crippen molar-refractivity contribution in [2.75, 3.05) is 13.7 Å². The van der Waals surface area contributed by atoms with Crippen LogP contribution in [0.4, 0.5) is 0 Å². The fourth-order valence-corrected chi connectivity index (χ4v) is 4.37. The number of nitrogens with one attached hydrogen (secondary N) is 2. The number of para-hydroxylation sites is 2. The summed E-state index contributed by atoms with van der Waals surface area (Å²) in [5.41, 5.74) is 3.25. The van der Waals surface area contributed by atoms with Gasteiger partial charge >= 0.3 is 0 Å². The van der Waals surface area contributed by atoms with E-state index >= 15 is 0 Å². The average Bonchev–Trinajstić information content (AvgIpc) is 3.46. The van der Waals surface area contributed by atoms with Crippen LogP contribution in [0.2, 0.25) is 0 Å². The molecule has 8 heteroatoms. The Morgan fingerprint density at radius 1 is 1.00 bits per heavy atom. The molecular weight excluding hydrogens is 410 g/mol. The molecule has 162 valence electrons. The number of amides is 2. The Morgan fingerprint density at radius 2 is 1.72 bits per heavy atom. The quantitative estimate of drug-likeness (QED) is 0.349. The lowest BCUT2D eigenvalue weighted by Crippen LogP contribution is -2.22. The molecule has 0 bridgehead atoms. The molecule has 0 spiro atoms. The first-order chi connectivity index (χ1) is 15.5. The summed E-state index contributed by atoms with van der Waals surface area (Å²) in [6.45, 7) is -0.314. The van der Waals surface area contributed by atoms with Gasteiger partial charge in [-0.2, -0.15) is 0 Å². The molecule has 4 N–H and O–H groups in total. The highest BCUT2D eigenvalue weighted by molar-refractivity contribution is 6.50. The Bertz CT molecular complexity index is 1410. The third-order valence-corrected chi connectivity index (χ3v) is 5.76. The standard InChI is InChI=1S/C24H21N3O5/c1-32-19-8-4-6-15-17(11-27(22(15)19)10-13(29)12-28)21-20(23(30)26-24(21)31)16-9-25-18-7-3-2-5-14(16)18/h2-9,11,13,25,28-29H,10,12H2,1H3,(H,26,30,31). The first-order valence-corrected chi connectivity index (χ1v) is 10.1. The van der Waals surface area contributed by atoms with Gasteiger partial charge in [0, 0.05) is 39.8 Å². The Labute approximate surface area is 182 Å². The molecule has 4 aromatic rings. The van der Waals surface area contributed by atoms with Crippen LogP contribution in [0.25, 0.3) is 33.0 Å². The predicted molar refractivity (Wildman–Crippen MR) is 120 cm³/mol. The van der Waals surface area contributed by atoms with E-state index in [1.807, 2.05) is 30.3 Å². The Kier molecular flexibility index (Phi) is 4.80. The number of aliphatic hydroxyl groups excluding tert-OH is 2. The van der Waals surface area contributed by atoms with E-state index in [1.165, 1.54) is 7.11 Å². The second kappa shape index (κ2) is 7.67. The zero-order valence-electron chi connectivity index (χ0n) is 17.3. The van der Waals surface area contributed by atoms with Gasteiger partial charge in [-0.05, 0) is 12.1 Å². The summed E-state index contributed by atoms with van der Waals surface area (Å²) >= 11 is 0. The normalized spacial score (nSPS) is 15.1. The molecule has 2 amide bonds. The van der Waals surface area contributed by atoms with Crippen molar-refractivity contribution in [3.8, 4) is 5.75 Å². The van der Waals surface area contributed by atoms with Crippen molar-refractivity contribution in [2.45, 2.75) is 12.6 Å². The van der Waals surface area contributed by atoms with E-state index in [1.54, 1.807) is 29.1 Å². The molecule has 32 heavy (non-hydrogen) atoms. The van der Waals surface area contributed by atoms with Crippen LogP contribution >= 0.6 is 0 Å². The number of ether oxygens (including phenoxy) is 1. The van der Waals surface area contributed by atoms with Gasteiger partial charge in [-0.15, -0.1) is 0 Å². The maximum atomic E-state index is 13.0. The van der Waals surface area contributed by atoms with E-state index < -0.39 is 24.5 Å². The minimum atomic E-state index is -0.996. The van der Waals surface area contributed by atoms with Crippen molar-refractivity contribution in [2.24, 2.45) is 0 Å². The van der Waals surface area contributed by atoms with Crippen molar-refractivity contribution in [3.05, 3.63) is 66.0 Å². The maximum Gasteiger partial charge on any atom is 0.259 e. The second-order valence-corrected chi connectivity index (χ2v) is 7.67. The molecule has 2 aromatic carbocycles. The average molecular weight is 431 g/mol.